The van der Waals surface area contributed by atoms with E-state index in [1.54, 1.807) is 0 Å². The molecule has 3 atom stereocenters. The Morgan fingerprint density at radius 3 is 2.96 bits per heavy atom. The molecule has 2 unspecified atom stereocenters. The van der Waals surface area contributed by atoms with Crippen molar-refractivity contribution in [1.29, 1.82) is 0 Å². The van der Waals surface area contributed by atoms with Crippen LogP contribution in [0.3, 0.4) is 0 Å². The van der Waals surface area contributed by atoms with Gasteiger partial charge in [-0.25, -0.2) is 0 Å². The van der Waals surface area contributed by atoms with Gasteiger partial charge in [0.2, 0.25) is 5.91 Å². The van der Waals surface area contributed by atoms with Gasteiger partial charge in [-0.15, -0.1) is 12.4 Å². The molecule has 132 valence electrons. The number of nitrogens with one attached hydrogen (secondary N) is 2. The predicted octanol–water partition coefficient (Wildman–Crippen LogP) is 3.40. The predicted molar refractivity (Wildman–Crippen MR) is 101 cm³/mol. The van der Waals surface area contributed by atoms with Crippen molar-refractivity contribution in [3.05, 3.63) is 36.0 Å². The first-order valence-corrected chi connectivity index (χ1v) is 8.71. The number of hydrogen-bond donors (Lipinski definition) is 3. The SMILES string of the molecule is CC1CCCC(CNC(=O)[C@@H](N)Cc2c[nH]c3ccccc23)C1.Cl. The topological polar surface area (TPSA) is 70.9 Å². The van der Waals surface area contributed by atoms with Crippen molar-refractivity contribution in [3.63, 3.8) is 0 Å². The second-order valence-electron chi connectivity index (χ2n) is 7.05. The maximum Gasteiger partial charge on any atom is 0.237 e. The second-order valence-corrected chi connectivity index (χ2v) is 7.05. The van der Waals surface area contributed by atoms with Crippen molar-refractivity contribution in [3.8, 4) is 0 Å². The van der Waals surface area contributed by atoms with Crippen LogP contribution in [0.1, 0.15) is 38.2 Å². The molecule has 1 saturated carbocycles. The molecule has 0 saturated heterocycles. The lowest BCUT2D eigenvalue weighted by atomic mass is 9.82. The van der Waals surface area contributed by atoms with E-state index in [1.807, 2.05) is 24.4 Å². The Bertz CT molecular complexity index is 669. The van der Waals surface area contributed by atoms with E-state index in [-0.39, 0.29) is 18.3 Å². The number of hydrogen-bond acceptors (Lipinski definition) is 2. The minimum absolute atomic E-state index is 0. The van der Waals surface area contributed by atoms with Crippen molar-refractivity contribution >= 4 is 29.2 Å². The Kier molecular flexibility index (Phi) is 6.69. The Labute approximate surface area is 150 Å². The molecule has 0 bridgehead atoms. The van der Waals surface area contributed by atoms with Gasteiger partial charge in [-0.1, -0.05) is 38.0 Å². The highest BCUT2D eigenvalue weighted by molar-refractivity contribution is 5.86. The van der Waals surface area contributed by atoms with E-state index in [1.165, 1.54) is 25.7 Å². The number of carbonyl (C=O) groups is 1. The number of benzene rings is 1. The number of H-pyrrole nitrogens is 1. The monoisotopic (exact) mass is 349 g/mol. The van der Waals surface area contributed by atoms with E-state index in [0.717, 1.165) is 28.9 Å². The fourth-order valence-corrected chi connectivity index (χ4v) is 3.75. The standard InChI is InChI=1S/C19H27N3O.ClH/c1-13-5-4-6-14(9-13)11-22-19(23)17(20)10-15-12-21-18-8-3-2-7-16(15)18;/h2-3,7-8,12-14,17,21H,4-6,9-11,20H2,1H3,(H,22,23);1H/t13?,14?,17-;/m0./s1. The van der Waals surface area contributed by atoms with Gasteiger partial charge in [-0.05, 0) is 42.7 Å². The Morgan fingerprint density at radius 2 is 2.17 bits per heavy atom. The first-order valence-electron chi connectivity index (χ1n) is 8.71. The van der Waals surface area contributed by atoms with Crippen molar-refractivity contribution < 1.29 is 4.79 Å². The van der Waals surface area contributed by atoms with Crippen LogP contribution in [-0.4, -0.2) is 23.5 Å². The molecule has 1 aliphatic carbocycles. The van der Waals surface area contributed by atoms with Crippen molar-refractivity contribution in [2.45, 2.75) is 45.1 Å². The molecule has 2 aromatic rings. The number of nitrogens with two attached hydrogens (primary N) is 1. The van der Waals surface area contributed by atoms with E-state index in [2.05, 4.69) is 23.3 Å². The zero-order valence-electron chi connectivity index (χ0n) is 14.3. The van der Waals surface area contributed by atoms with Crippen LogP contribution in [0.25, 0.3) is 10.9 Å². The van der Waals surface area contributed by atoms with Crippen LogP contribution >= 0.6 is 12.4 Å². The number of para-hydroxylation sites is 1. The van der Waals surface area contributed by atoms with Gasteiger partial charge in [0.15, 0.2) is 0 Å². The van der Waals surface area contributed by atoms with Crippen LogP contribution in [-0.2, 0) is 11.2 Å². The molecule has 1 heterocycles. The molecular weight excluding hydrogens is 322 g/mol. The fraction of sp³-hybridized carbons (Fsp3) is 0.526. The van der Waals surface area contributed by atoms with Gasteiger partial charge in [0, 0.05) is 23.6 Å². The summed E-state index contributed by atoms with van der Waals surface area (Å²) < 4.78 is 0. The summed E-state index contributed by atoms with van der Waals surface area (Å²) in [7, 11) is 0. The highest BCUT2D eigenvalue weighted by atomic mass is 35.5. The average Bonchev–Trinajstić information content (AvgIpc) is 2.96. The van der Waals surface area contributed by atoms with Crippen LogP contribution in [0.5, 0.6) is 0 Å². The van der Waals surface area contributed by atoms with Crippen LogP contribution < -0.4 is 11.1 Å². The van der Waals surface area contributed by atoms with Gasteiger partial charge >= 0.3 is 0 Å². The summed E-state index contributed by atoms with van der Waals surface area (Å²) >= 11 is 0. The summed E-state index contributed by atoms with van der Waals surface area (Å²) in [6.07, 6.45) is 7.57. The minimum atomic E-state index is -0.491. The van der Waals surface area contributed by atoms with Crippen molar-refractivity contribution in [1.82, 2.24) is 10.3 Å². The molecule has 1 aromatic heterocycles. The number of amides is 1. The minimum Gasteiger partial charge on any atom is -0.361 e. The van der Waals surface area contributed by atoms with E-state index < -0.39 is 6.04 Å². The van der Waals surface area contributed by atoms with E-state index in [4.69, 9.17) is 5.73 Å². The van der Waals surface area contributed by atoms with Gasteiger partial charge in [0.1, 0.15) is 0 Å². The highest BCUT2D eigenvalue weighted by Gasteiger charge is 2.21. The van der Waals surface area contributed by atoms with Crippen LogP contribution in [0.15, 0.2) is 30.5 Å². The van der Waals surface area contributed by atoms with E-state index in [9.17, 15) is 4.79 Å². The van der Waals surface area contributed by atoms with Crippen LogP contribution in [0.2, 0.25) is 0 Å². The molecular formula is C19H28ClN3O. The molecule has 1 aromatic carbocycles. The lowest BCUT2D eigenvalue weighted by Crippen LogP contribution is -2.44. The molecule has 1 amide bonds. The molecule has 0 spiro atoms. The molecule has 3 rings (SSSR count). The quantitative estimate of drug-likeness (QED) is 0.774. The molecule has 0 aliphatic heterocycles. The summed E-state index contributed by atoms with van der Waals surface area (Å²) in [6.45, 7) is 3.07. The maximum absolute atomic E-state index is 12.3. The number of aromatic nitrogens is 1. The lowest BCUT2D eigenvalue weighted by molar-refractivity contribution is -0.122. The van der Waals surface area contributed by atoms with Crippen LogP contribution in [0, 0.1) is 11.8 Å². The summed E-state index contributed by atoms with van der Waals surface area (Å²) in [4.78, 5) is 15.5. The third-order valence-electron chi connectivity index (χ3n) is 5.06. The number of aromatic amines is 1. The van der Waals surface area contributed by atoms with E-state index >= 15 is 0 Å². The summed E-state index contributed by atoms with van der Waals surface area (Å²) in [5.74, 6) is 1.36. The average molecular weight is 350 g/mol. The Hall–Kier alpha value is -1.52. The maximum atomic E-state index is 12.3. The number of halogens is 1. The molecule has 4 N–H and O–H groups in total. The van der Waals surface area contributed by atoms with Gasteiger partial charge in [-0.3, -0.25) is 4.79 Å². The third kappa shape index (κ3) is 4.52. The number of carbonyl (C=O) groups excluding carboxylic acids is 1. The third-order valence-corrected chi connectivity index (χ3v) is 5.06. The second kappa shape index (κ2) is 8.54. The van der Waals surface area contributed by atoms with Gasteiger partial charge in [0.05, 0.1) is 6.04 Å². The zero-order valence-corrected chi connectivity index (χ0v) is 15.1. The van der Waals surface area contributed by atoms with Crippen LogP contribution in [0.4, 0.5) is 0 Å². The normalized spacial score (nSPS) is 21.9. The number of rotatable bonds is 5. The molecule has 0 radical (unpaired) electrons. The first-order chi connectivity index (χ1) is 11.1. The zero-order chi connectivity index (χ0) is 16.2. The molecule has 24 heavy (non-hydrogen) atoms. The van der Waals surface area contributed by atoms with Gasteiger partial charge in [-0.2, -0.15) is 0 Å². The van der Waals surface area contributed by atoms with Crippen molar-refractivity contribution in [2.24, 2.45) is 17.6 Å². The lowest BCUT2D eigenvalue weighted by Gasteiger charge is -2.27. The molecule has 1 fully saturated rings. The molecule has 1 aliphatic rings. The first kappa shape index (κ1) is 18.8. The summed E-state index contributed by atoms with van der Waals surface area (Å²) in [5, 5.41) is 4.21. The van der Waals surface area contributed by atoms with E-state index in [0.29, 0.717) is 12.3 Å². The fourth-order valence-electron chi connectivity index (χ4n) is 3.75. The largest absolute Gasteiger partial charge is 0.361 e. The summed E-state index contributed by atoms with van der Waals surface area (Å²) in [5.41, 5.74) is 8.31. The number of fused-ring (bicyclic) bond motifs is 1. The molecule has 4 nitrogen and oxygen atoms in total. The van der Waals surface area contributed by atoms with Gasteiger partial charge in [0.25, 0.3) is 0 Å². The smallest absolute Gasteiger partial charge is 0.237 e. The van der Waals surface area contributed by atoms with Gasteiger partial charge < -0.3 is 16.0 Å². The Balaban J connectivity index is 0.00000208. The molecule has 5 heteroatoms. The summed E-state index contributed by atoms with van der Waals surface area (Å²) in [6, 6.07) is 7.62. The van der Waals surface area contributed by atoms with Crippen molar-refractivity contribution in [2.75, 3.05) is 6.54 Å². The Morgan fingerprint density at radius 1 is 1.38 bits per heavy atom. The highest BCUT2D eigenvalue weighted by Crippen LogP contribution is 2.28.